The van der Waals surface area contributed by atoms with Crippen molar-refractivity contribution < 1.29 is 4.74 Å². The Morgan fingerprint density at radius 2 is 1.86 bits per heavy atom. The van der Waals surface area contributed by atoms with Crippen molar-refractivity contribution in [2.45, 2.75) is 6.67 Å². The zero-order chi connectivity index (χ0) is 14.2. The van der Waals surface area contributed by atoms with Crippen LogP contribution in [0.3, 0.4) is 0 Å². The van der Waals surface area contributed by atoms with Crippen LogP contribution in [0.5, 0.6) is 0 Å². The Bertz CT molecular complexity index is 846. The smallest absolute Gasteiger partial charge is 0.278 e. The zero-order valence-corrected chi connectivity index (χ0v) is 11.6. The van der Waals surface area contributed by atoms with Gasteiger partial charge in [0.05, 0.1) is 43.4 Å². The van der Waals surface area contributed by atoms with E-state index in [9.17, 15) is 4.79 Å². The van der Waals surface area contributed by atoms with Gasteiger partial charge in [0.25, 0.3) is 5.56 Å². The van der Waals surface area contributed by atoms with Crippen LogP contribution in [0.2, 0.25) is 0 Å². The van der Waals surface area contributed by atoms with Crippen molar-refractivity contribution in [2.75, 3.05) is 26.3 Å². The predicted molar refractivity (Wildman–Crippen MR) is 79.4 cm³/mol. The minimum atomic E-state index is -0.00214. The molecule has 0 saturated carbocycles. The van der Waals surface area contributed by atoms with Gasteiger partial charge in [-0.3, -0.25) is 18.7 Å². The molecule has 1 aliphatic heterocycles. The number of ether oxygens (including phenoxy) is 1. The van der Waals surface area contributed by atoms with Gasteiger partial charge in [0.2, 0.25) is 0 Å². The second-order valence-electron chi connectivity index (χ2n) is 5.24. The summed E-state index contributed by atoms with van der Waals surface area (Å²) in [5.74, 6) is 0. The van der Waals surface area contributed by atoms with Gasteiger partial charge in [-0.05, 0) is 12.1 Å². The number of hydrogen-bond acceptors (Lipinski definition) is 4. The number of rotatable bonds is 2. The molecule has 3 heterocycles. The van der Waals surface area contributed by atoms with Crippen LogP contribution in [-0.2, 0) is 11.4 Å². The molecule has 3 aromatic rings. The first-order chi connectivity index (χ1) is 10.3. The summed E-state index contributed by atoms with van der Waals surface area (Å²) in [5.41, 5.74) is 2.54. The normalized spacial score (nSPS) is 16.8. The van der Waals surface area contributed by atoms with Gasteiger partial charge in [0.15, 0.2) is 0 Å². The number of hydrogen-bond donors (Lipinski definition) is 0. The second kappa shape index (κ2) is 4.98. The molecule has 0 amide bonds. The summed E-state index contributed by atoms with van der Waals surface area (Å²) < 4.78 is 9.06. The van der Waals surface area contributed by atoms with Crippen molar-refractivity contribution in [3.63, 3.8) is 0 Å². The number of para-hydroxylation sites is 2. The lowest BCUT2D eigenvalue weighted by Gasteiger charge is -2.27. The van der Waals surface area contributed by atoms with Crippen LogP contribution >= 0.6 is 0 Å². The van der Waals surface area contributed by atoms with Gasteiger partial charge >= 0.3 is 0 Å². The highest BCUT2D eigenvalue weighted by molar-refractivity contribution is 5.78. The van der Waals surface area contributed by atoms with Crippen LogP contribution in [0.1, 0.15) is 0 Å². The van der Waals surface area contributed by atoms with E-state index in [-0.39, 0.29) is 5.56 Å². The molecule has 0 unspecified atom stereocenters. The number of morpholine rings is 1. The Hall–Kier alpha value is -2.18. The minimum Gasteiger partial charge on any atom is -0.379 e. The summed E-state index contributed by atoms with van der Waals surface area (Å²) in [6.45, 7) is 3.74. The van der Waals surface area contributed by atoms with E-state index in [1.165, 1.54) is 0 Å². The Labute approximate surface area is 121 Å². The van der Waals surface area contributed by atoms with E-state index in [2.05, 4.69) is 9.88 Å². The third-order valence-electron chi connectivity index (χ3n) is 3.98. The van der Waals surface area contributed by atoms with Crippen LogP contribution in [0.15, 0.2) is 41.6 Å². The Morgan fingerprint density at radius 1 is 1.10 bits per heavy atom. The van der Waals surface area contributed by atoms with E-state index < -0.39 is 0 Å². The number of fused-ring (bicyclic) bond motifs is 3. The van der Waals surface area contributed by atoms with Crippen molar-refractivity contribution in [3.8, 4) is 0 Å². The van der Waals surface area contributed by atoms with Crippen molar-refractivity contribution in [2.24, 2.45) is 0 Å². The first-order valence-corrected chi connectivity index (χ1v) is 7.08. The van der Waals surface area contributed by atoms with E-state index in [1.54, 1.807) is 12.5 Å². The molecule has 1 fully saturated rings. The molecule has 1 aliphatic rings. The van der Waals surface area contributed by atoms with Crippen molar-refractivity contribution in [3.05, 3.63) is 47.1 Å². The molecule has 0 bridgehead atoms. The molecule has 0 atom stereocenters. The summed E-state index contributed by atoms with van der Waals surface area (Å²) in [5, 5.41) is 0. The summed E-state index contributed by atoms with van der Waals surface area (Å²) in [7, 11) is 0. The number of imidazole rings is 1. The van der Waals surface area contributed by atoms with Crippen LogP contribution in [0.4, 0.5) is 0 Å². The van der Waals surface area contributed by atoms with Gasteiger partial charge < -0.3 is 4.74 Å². The van der Waals surface area contributed by atoms with Gasteiger partial charge in [-0.1, -0.05) is 12.1 Å². The minimum absolute atomic E-state index is 0.00214. The number of aromatic nitrogens is 3. The summed E-state index contributed by atoms with van der Waals surface area (Å²) in [6.07, 6.45) is 3.32. The highest BCUT2D eigenvalue weighted by atomic mass is 16.5. The summed E-state index contributed by atoms with van der Waals surface area (Å²) in [4.78, 5) is 19.1. The number of nitrogens with zero attached hydrogens (tertiary/aromatic N) is 4. The molecule has 6 heteroatoms. The monoisotopic (exact) mass is 284 g/mol. The second-order valence-corrected chi connectivity index (χ2v) is 5.24. The Balaban J connectivity index is 1.92. The van der Waals surface area contributed by atoms with Gasteiger partial charge in [-0.2, -0.15) is 0 Å². The average Bonchev–Trinajstić information content (AvgIpc) is 3.02. The van der Waals surface area contributed by atoms with Crippen molar-refractivity contribution >= 4 is 16.6 Å². The Kier molecular flexibility index (Phi) is 2.98. The lowest BCUT2D eigenvalue weighted by Crippen LogP contribution is -2.40. The molecule has 21 heavy (non-hydrogen) atoms. The highest BCUT2D eigenvalue weighted by Crippen LogP contribution is 2.14. The van der Waals surface area contributed by atoms with Crippen LogP contribution in [-0.4, -0.2) is 45.2 Å². The van der Waals surface area contributed by atoms with Gasteiger partial charge in [-0.25, -0.2) is 4.98 Å². The highest BCUT2D eigenvalue weighted by Gasteiger charge is 2.15. The fourth-order valence-corrected chi connectivity index (χ4v) is 2.87. The quantitative estimate of drug-likeness (QED) is 0.703. The third-order valence-corrected chi connectivity index (χ3v) is 3.98. The maximum atomic E-state index is 12.7. The number of benzene rings is 1. The van der Waals surface area contributed by atoms with Crippen molar-refractivity contribution in [1.29, 1.82) is 0 Å². The lowest BCUT2D eigenvalue weighted by atomic mass is 10.3. The fourth-order valence-electron chi connectivity index (χ4n) is 2.87. The van der Waals surface area contributed by atoms with E-state index in [1.807, 2.05) is 33.2 Å². The van der Waals surface area contributed by atoms with E-state index >= 15 is 0 Å². The fraction of sp³-hybridized carbons (Fsp3) is 0.333. The molecule has 6 nitrogen and oxygen atoms in total. The molecule has 0 aliphatic carbocycles. The van der Waals surface area contributed by atoms with E-state index in [4.69, 9.17) is 4.74 Å². The molecular formula is C15H16N4O2. The molecular weight excluding hydrogens is 268 g/mol. The van der Waals surface area contributed by atoms with Gasteiger partial charge in [0, 0.05) is 13.1 Å². The lowest BCUT2D eigenvalue weighted by molar-refractivity contribution is 0.0237. The van der Waals surface area contributed by atoms with Crippen LogP contribution in [0.25, 0.3) is 16.6 Å². The topological polar surface area (TPSA) is 51.8 Å². The van der Waals surface area contributed by atoms with Crippen molar-refractivity contribution in [1.82, 2.24) is 18.9 Å². The maximum absolute atomic E-state index is 12.7. The molecule has 1 saturated heterocycles. The summed E-state index contributed by atoms with van der Waals surface area (Å²) >= 11 is 0. The standard InChI is InChI=1S/C15H16N4O2/c20-15-14-9-16-10-18(14)12-3-1-2-4-13(12)19(15)11-17-5-7-21-8-6-17/h1-4,9-10H,5-8,11H2. The molecule has 2 aromatic heterocycles. The van der Waals surface area contributed by atoms with Gasteiger partial charge in [-0.15, -0.1) is 0 Å². The SMILES string of the molecule is O=c1c2cncn2c2ccccc2n1CN1CCOCC1. The third kappa shape index (κ3) is 2.03. The predicted octanol–water partition coefficient (Wildman–Crippen LogP) is 0.939. The molecule has 0 spiro atoms. The molecule has 4 rings (SSSR count). The van der Waals surface area contributed by atoms with Crippen LogP contribution < -0.4 is 5.56 Å². The van der Waals surface area contributed by atoms with Crippen LogP contribution in [0, 0.1) is 0 Å². The maximum Gasteiger partial charge on any atom is 0.278 e. The van der Waals surface area contributed by atoms with Gasteiger partial charge in [0.1, 0.15) is 5.52 Å². The largest absolute Gasteiger partial charge is 0.379 e. The first kappa shape index (κ1) is 12.6. The molecule has 108 valence electrons. The molecule has 0 N–H and O–H groups in total. The zero-order valence-electron chi connectivity index (χ0n) is 11.6. The molecule has 1 aromatic carbocycles. The molecule has 0 radical (unpaired) electrons. The van der Waals surface area contributed by atoms with E-state index in [0.29, 0.717) is 12.2 Å². The first-order valence-electron chi connectivity index (χ1n) is 7.08. The van der Waals surface area contributed by atoms with E-state index in [0.717, 1.165) is 37.3 Å². The average molecular weight is 284 g/mol. The summed E-state index contributed by atoms with van der Waals surface area (Å²) in [6, 6.07) is 7.93. The Morgan fingerprint density at radius 3 is 2.67 bits per heavy atom.